The summed E-state index contributed by atoms with van der Waals surface area (Å²) in [7, 11) is -3.61. The van der Waals surface area contributed by atoms with Gasteiger partial charge in [0, 0.05) is 36.8 Å². The van der Waals surface area contributed by atoms with Crippen molar-refractivity contribution in [2.45, 2.75) is 17.9 Å². The highest BCUT2D eigenvalue weighted by Gasteiger charge is 2.32. The average molecular weight is 469 g/mol. The molecule has 1 aliphatic heterocycles. The molecule has 4 rings (SSSR count). The molecule has 1 saturated heterocycles. The summed E-state index contributed by atoms with van der Waals surface area (Å²) in [6.45, 7) is 3.47. The molecule has 3 aromatic rings. The van der Waals surface area contributed by atoms with E-state index < -0.39 is 10.0 Å². The molecule has 0 aromatic heterocycles. The van der Waals surface area contributed by atoms with Gasteiger partial charge in [0.2, 0.25) is 10.0 Å². The van der Waals surface area contributed by atoms with Crippen LogP contribution in [0.2, 0.25) is 5.02 Å². The summed E-state index contributed by atoms with van der Waals surface area (Å²) in [6.07, 6.45) is 0. The van der Waals surface area contributed by atoms with Crippen LogP contribution in [0.1, 0.15) is 34.5 Å². The zero-order valence-electron chi connectivity index (χ0n) is 17.8. The molecule has 0 N–H and O–H groups in total. The maximum Gasteiger partial charge on any atom is 0.243 e. The lowest BCUT2D eigenvalue weighted by Gasteiger charge is -2.39. The van der Waals surface area contributed by atoms with Crippen LogP contribution in [0.15, 0.2) is 83.8 Å². The Kier molecular flexibility index (Phi) is 6.76. The van der Waals surface area contributed by atoms with E-state index in [0.29, 0.717) is 36.8 Å². The minimum atomic E-state index is -3.61. The Bertz CT molecular complexity index is 1170. The third kappa shape index (κ3) is 4.79. The lowest BCUT2D eigenvalue weighted by molar-refractivity contribution is 0.101. The van der Waals surface area contributed by atoms with Crippen LogP contribution in [-0.2, 0) is 10.0 Å². The Balaban J connectivity index is 1.54. The van der Waals surface area contributed by atoms with Gasteiger partial charge in [0.25, 0.3) is 0 Å². The SMILES string of the molecule is CC(=O)c1ccc(S(=O)(=O)N2CCN([C@@H](c3ccccc3)c3ccc(Cl)cc3)CC2)cc1. The fourth-order valence-corrected chi connectivity index (χ4v) is 5.66. The normalized spacial score (nSPS) is 16.6. The van der Waals surface area contributed by atoms with Crippen molar-refractivity contribution in [3.8, 4) is 0 Å². The van der Waals surface area contributed by atoms with Crippen molar-refractivity contribution in [1.29, 1.82) is 0 Å². The molecule has 3 aromatic carbocycles. The van der Waals surface area contributed by atoms with Crippen molar-refractivity contribution in [3.05, 3.63) is 101 Å². The Labute approximate surface area is 194 Å². The lowest BCUT2D eigenvalue weighted by atomic mass is 9.96. The van der Waals surface area contributed by atoms with Gasteiger partial charge in [0.1, 0.15) is 0 Å². The van der Waals surface area contributed by atoms with Gasteiger partial charge in [-0.25, -0.2) is 8.42 Å². The highest BCUT2D eigenvalue weighted by Crippen LogP contribution is 2.31. The topological polar surface area (TPSA) is 57.7 Å². The summed E-state index contributed by atoms with van der Waals surface area (Å²) in [5.41, 5.74) is 2.78. The number of piperazine rings is 1. The zero-order chi connectivity index (χ0) is 22.7. The second-order valence-electron chi connectivity index (χ2n) is 7.89. The van der Waals surface area contributed by atoms with Gasteiger partial charge in [0.05, 0.1) is 10.9 Å². The second-order valence-corrected chi connectivity index (χ2v) is 10.3. The van der Waals surface area contributed by atoms with Crippen molar-refractivity contribution >= 4 is 27.4 Å². The van der Waals surface area contributed by atoms with Crippen molar-refractivity contribution < 1.29 is 13.2 Å². The van der Waals surface area contributed by atoms with Gasteiger partial charge in [-0.05, 0) is 42.3 Å². The van der Waals surface area contributed by atoms with E-state index in [0.717, 1.165) is 11.1 Å². The van der Waals surface area contributed by atoms with Gasteiger partial charge in [-0.3, -0.25) is 9.69 Å². The molecule has 7 heteroatoms. The number of rotatable bonds is 6. The molecule has 1 heterocycles. The smallest absolute Gasteiger partial charge is 0.243 e. The number of carbonyl (C=O) groups excluding carboxylic acids is 1. The number of ketones is 1. The van der Waals surface area contributed by atoms with Gasteiger partial charge in [-0.15, -0.1) is 0 Å². The van der Waals surface area contributed by atoms with Crippen LogP contribution in [0, 0.1) is 0 Å². The van der Waals surface area contributed by atoms with E-state index in [1.165, 1.54) is 23.4 Å². The van der Waals surface area contributed by atoms with Gasteiger partial charge in [0.15, 0.2) is 5.78 Å². The second kappa shape index (κ2) is 9.55. The van der Waals surface area contributed by atoms with Crippen LogP contribution >= 0.6 is 11.6 Å². The molecule has 0 amide bonds. The third-order valence-electron chi connectivity index (χ3n) is 5.84. The first-order valence-corrected chi connectivity index (χ1v) is 12.3. The molecule has 0 aliphatic carbocycles. The summed E-state index contributed by atoms with van der Waals surface area (Å²) in [5, 5.41) is 0.687. The number of hydrogen-bond acceptors (Lipinski definition) is 4. The van der Waals surface area contributed by atoms with Crippen LogP contribution in [-0.4, -0.2) is 49.6 Å². The van der Waals surface area contributed by atoms with Crippen LogP contribution in [0.3, 0.4) is 0 Å². The van der Waals surface area contributed by atoms with Crippen molar-refractivity contribution in [2.75, 3.05) is 26.2 Å². The van der Waals surface area contributed by atoms with E-state index in [2.05, 4.69) is 17.0 Å². The molecule has 0 spiro atoms. The Hall–Kier alpha value is -2.51. The predicted octanol–water partition coefficient (Wildman–Crippen LogP) is 4.64. The molecular formula is C25H25ClN2O3S. The molecule has 1 fully saturated rings. The van der Waals surface area contributed by atoms with Crippen LogP contribution in [0.25, 0.3) is 0 Å². The molecule has 5 nitrogen and oxygen atoms in total. The van der Waals surface area contributed by atoms with Crippen molar-refractivity contribution in [2.24, 2.45) is 0 Å². The largest absolute Gasteiger partial charge is 0.295 e. The van der Waals surface area contributed by atoms with E-state index in [1.807, 2.05) is 42.5 Å². The Morgan fingerprint density at radius 2 is 1.38 bits per heavy atom. The summed E-state index contributed by atoms with van der Waals surface area (Å²) in [4.78, 5) is 14.0. The Morgan fingerprint density at radius 1 is 0.812 bits per heavy atom. The summed E-state index contributed by atoms with van der Waals surface area (Å²) >= 11 is 6.10. The van der Waals surface area contributed by atoms with Gasteiger partial charge in [-0.2, -0.15) is 4.31 Å². The molecule has 1 atom stereocenters. The molecule has 166 valence electrons. The molecule has 1 aliphatic rings. The molecule has 0 saturated carbocycles. The van der Waals surface area contributed by atoms with Crippen LogP contribution < -0.4 is 0 Å². The molecular weight excluding hydrogens is 444 g/mol. The van der Waals surface area contributed by atoms with Crippen molar-refractivity contribution in [1.82, 2.24) is 9.21 Å². The van der Waals surface area contributed by atoms with Gasteiger partial charge in [-0.1, -0.05) is 66.2 Å². The van der Waals surface area contributed by atoms with E-state index in [1.54, 1.807) is 12.1 Å². The minimum absolute atomic E-state index is 0.0215. The zero-order valence-corrected chi connectivity index (χ0v) is 19.4. The van der Waals surface area contributed by atoms with E-state index in [9.17, 15) is 13.2 Å². The highest BCUT2D eigenvalue weighted by molar-refractivity contribution is 7.89. The van der Waals surface area contributed by atoms with Gasteiger partial charge >= 0.3 is 0 Å². The predicted molar refractivity (Wildman–Crippen MR) is 127 cm³/mol. The fraction of sp³-hybridized carbons (Fsp3) is 0.240. The standard InChI is InChI=1S/C25H25ClN2O3S/c1-19(29)20-9-13-24(14-10-20)32(30,31)28-17-15-27(16-18-28)25(21-5-3-2-4-6-21)22-7-11-23(26)12-8-22/h2-14,25H,15-18H2,1H3/t25-/m0/s1. The molecule has 0 radical (unpaired) electrons. The summed E-state index contributed by atoms with van der Waals surface area (Å²) in [6, 6.07) is 24.2. The van der Waals surface area contributed by atoms with Crippen LogP contribution in [0.5, 0.6) is 0 Å². The monoisotopic (exact) mass is 468 g/mol. The van der Waals surface area contributed by atoms with Crippen molar-refractivity contribution in [3.63, 3.8) is 0 Å². The third-order valence-corrected chi connectivity index (χ3v) is 8.00. The minimum Gasteiger partial charge on any atom is -0.295 e. The highest BCUT2D eigenvalue weighted by atomic mass is 35.5. The summed E-state index contributed by atoms with van der Waals surface area (Å²) < 4.78 is 27.8. The fourth-order valence-electron chi connectivity index (χ4n) is 4.11. The van der Waals surface area contributed by atoms with Gasteiger partial charge < -0.3 is 0 Å². The number of halogens is 1. The maximum absolute atomic E-state index is 13.1. The van der Waals surface area contributed by atoms with E-state index >= 15 is 0 Å². The molecule has 0 unspecified atom stereocenters. The maximum atomic E-state index is 13.1. The molecule has 0 bridgehead atoms. The number of sulfonamides is 1. The van der Waals surface area contributed by atoms with Crippen LogP contribution in [0.4, 0.5) is 0 Å². The number of Topliss-reactive ketones (excluding diaryl/α,β-unsaturated/α-hetero) is 1. The first-order valence-electron chi connectivity index (χ1n) is 10.5. The first-order chi connectivity index (χ1) is 15.4. The number of carbonyl (C=O) groups is 1. The summed E-state index contributed by atoms with van der Waals surface area (Å²) in [5.74, 6) is -0.0864. The number of hydrogen-bond donors (Lipinski definition) is 0. The molecule has 32 heavy (non-hydrogen) atoms. The number of nitrogens with zero attached hydrogens (tertiary/aromatic N) is 2. The lowest BCUT2D eigenvalue weighted by Crippen LogP contribution is -2.49. The van der Waals surface area contributed by atoms with E-state index in [-0.39, 0.29) is 16.7 Å². The first kappa shape index (κ1) is 22.7. The van der Waals surface area contributed by atoms with E-state index in [4.69, 9.17) is 11.6 Å². The quantitative estimate of drug-likeness (QED) is 0.494. The number of benzene rings is 3. The average Bonchev–Trinajstić information content (AvgIpc) is 2.81. The Morgan fingerprint density at radius 3 is 1.94 bits per heavy atom.